The smallest absolute Gasteiger partial charge is 0.0612 e. The van der Waals surface area contributed by atoms with Gasteiger partial charge in [0, 0.05) is 28.1 Å². The Balaban J connectivity index is 2.45. The summed E-state index contributed by atoms with van der Waals surface area (Å²) in [5.41, 5.74) is 10.2. The van der Waals surface area contributed by atoms with Crippen molar-refractivity contribution >= 4 is 21.6 Å². The molecule has 0 radical (unpaired) electrons. The second-order valence-corrected chi connectivity index (χ2v) is 5.36. The summed E-state index contributed by atoms with van der Waals surface area (Å²) in [7, 11) is 0. The molecule has 0 saturated heterocycles. The maximum atomic E-state index is 6.07. The van der Waals surface area contributed by atoms with Crippen LogP contribution in [0.15, 0.2) is 41.1 Å². The number of halogens is 1. The van der Waals surface area contributed by atoms with Gasteiger partial charge in [0.2, 0.25) is 0 Å². The molecule has 1 aromatic carbocycles. The highest BCUT2D eigenvalue weighted by Gasteiger charge is 2.16. The molecule has 2 aromatic rings. The van der Waals surface area contributed by atoms with E-state index in [9.17, 15) is 0 Å². The molecule has 3 N–H and O–H groups in total. The molecule has 0 bridgehead atoms. The van der Waals surface area contributed by atoms with Gasteiger partial charge in [-0.15, -0.1) is 0 Å². The number of rotatable bonds is 4. The molecule has 100 valence electrons. The highest BCUT2D eigenvalue weighted by atomic mass is 79.9. The van der Waals surface area contributed by atoms with Crippen molar-refractivity contribution in [3.63, 3.8) is 0 Å². The Kier molecular flexibility index (Phi) is 4.56. The molecule has 1 atom stereocenters. The summed E-state index contributed by atoms with van der Waals surface area (Å²) in [6, 6.07) is 8.27. The summed E-state index contributed by atoms with van der Waals surface area (Å²) in [6.45, 7) is 5.03. The van der Waals surface area contributed by atoms with Gasteiger partial charge in [-0.3, -0.25) is 4.98 Å². The Labute approximate surface area is 122 Å². The van der Waals surface area contributed by atoms with Gasteiger partial charge in [-0.2, -0.15) is 0 Å². The second kappa shape index (κ2) is 6.17. The van der Waals surface area contributed by atoms with Gasteiger partial charge < -0.3 is 11.1 Å². The van der Waals surface area contributed by atoms with Crippen molar-refractivity contribution in [2.75, 3.05) is 12.3 Å². The fourth-order valence-corrected chi connectivity index (χ4v) is 2.46. The molecule has 0 aliphatic heterocycles. The first-order chi connectivity index (χ1) is 9.13. The van der Waals surface area contributed by atoms with E-state index in [4.69, 9.17) is 5.73 Å². The van der Waals surface area contributed by atoms with Crippen LogP contribution in [0.4, 0.5) is 5.69 Å². The van der Waals surface area contributed by atoms with Crippen molar-refractivity contribution in [1.82, 2.24) is 10.3 Å². The van der Waals surface area contributed by atoms with Gasteiger partial charge in [0.1, 0.15) is 0 Å². The van der Waals surface area contributed by atoms with Crippen molar-refractivity contribution in [3.8, 4) is 0 Å². The topological polar surface area (TPSA) is 50.9 Å². The Hall–Kier alpha value is -1.39. The molecule has 0 aliphatic carbocycles. The molecule has 4 heteroatoms. The number of aryl methyl sites for hydroxylation is 1. The predicted octanol–water partition coefficient (Wildman–Crippen LogP) is 3.43. The monoisotopic (exact) mass is 319 g/mol. The number of hydrogen-bond donors (Lipinski definition) is 2. The van der Waals surface area contributed by atoms with Crippen molar-refractivity contribution in [2.24, 2.45) is 0 Å². The lowest BCUT2D eigenvalue weighted by atomic mass is 9.98. The molecular formula is C15H18BrN3. The molecule has 0 saturated carbocycles. The van der Waals surface area contributed by atoms with E-state index in [2.05, 4.69) is 58.3 Å². The third-order valence-corrected chi connectivity index (χ3v) is 3.99. The van der Waals surface area contributed by atoms with Crippen LogP contribution in [0.5, 0.6) is 0 Å². The van der Waals surface area contributed by atoms with Crippen molar-refractivity contribution in [1.29, 1.82) is 0 Å². The predicted molar refractivity (Wildman–Crippen MR) is 83.0 cm³/mol. The normalized spacial score (nSPS) is 12.4. The largest absolute Gasteiger partial charge is 0.398 e. The maximum Gasteiger partial charge on any atom is 0.0612 e. The molecule has 0 spiro atoms. The zero-order valence-electron chi connectivity index (χ0n) is 11.2. The Bertz CT molecular complexity index is 569. The molecule has 0 amide bonds. The van der Waals surface area contributed by atoms with E-state index in [1.54, 1.807) is 6.20 Å². The van der Waals surface area contributed by atoms with Crippen LogP contribution in [-0.2, 0) is 0 Å². The summed E-state index contributed by atoms with van der Waals surface area (Å²) in [5.74, 6) is 0. The number of nitrogens with one attached hydrogen (secondary N) is 1. The van der Waals surface area contributed by atoms with Crippen molar-refractivity contribution < 1.29 is 0 Å². The van der Waals surface area contributed by atoms with Gasteiger partial charge in [0.25, 0.3) is 0 Å². The highest BCUT2D eigenvalue weighted by Crippen LogP contribution is 2.28. The van der Waals surface area contributed by atoms with Gasteiger partial charge in [0.05, 0.1) is 6.04 Å². The van der Waals surface area contributed by atoms with Gasteiger partial charge in [-0.05, 0) is 36.7 Å². The summed E-state index contributed by atoms with van der Waals surface area (Å²) in [4.78, 5) is 4.18. The first kappa shape index (κ1) is 14.0. The Morgan fingerprint density at radius 3 is 2.79 bits per heavy atom. The molecule has 19 heavy (non-hydrogen) atoms. The van der Waals surface area contributed by atoms with Crippen molar-refractivity contribution in [2.45, 2.75) is 19.9 Å². The fraction of sp³-hybridized carbons (Fsp3) is 0.267. The lowest BCUT2D eigenvalue weighted by Gasteiger charge is -2.20. The molecule has 1 heterocycles. The number of nitrogens with zero attached hydrogens (tertiary/aromatic N) is 1. The summed E-state index contributed by atoms with van der Waals surface area (Å²) < 4.78 is 1.11. The van der Waals surface area contributed by atoms with Crippen LogP contribution in [0, 0.1) is 6.92 Å². The van der Waals surface area contributed by atoms with Crippen LogP contribution < -0.4 is 11.1 Å². The number of nitrogens with two attached hydrogens (primary N) is 1. The Morgan fingerprint density at radius 1 is 1.37 bits per heavy atom. The molecule has 1 aromatic heterocycles. The maximum absolute atomic E-state index is 6.07. The van der Waals surface area contributed by atoms with E-state index in [0.717, 1.165) is 22.3 Å². The SMILES string of the molecule is CCNC(c1ccc(C)c(Br)c1)c1cnccc1N. The van der Waals surface area contributed by atoms with Gasteiger partial charge >= 0.3 is 0 Å². The standard InChI is InChI=1S/C15H18BrN3/c1-3-19-15(12-9-18-7-6-14(12)17)11-5-4-10(2)13(16)8-11/h4-9,15,19H,3H2,1-2H3,(H2,17,18). The minimum absolute atomic E-state index is 0.0654. The van der Waals surface area contributed by atoms with Crippen LogP contribution in [-0.4, -0.2) is 11.5 Å². The van der Waals surface area contributed by atoms with E-state index in [-0.39, 0.29) is 6.04 Å². The van der Waals surface area contributed by atoms with Gasteiger partial charge in [-0.1, -0.05) is 35.0 Å². The van der Waals surface area contributed by atoms with E-state index in [0.29, 0.717) is 0 Å². The molecular weight excluding hydrogens is 302 g/mol. The highest BCUT2D eigenvalue weighted by molar-refractivity contribution is 9.10. The third kappa shape index (κ3) is 3.14. The number of nitrogen functional groups attached to an aromatic ring is 1. The van der Waals surface area contributed by atoms with Gasteiger partial charge in [-0.25, -0.2) is 0 Å². The number of pyridine rings is 1. The average molecular weight is 320 g/mol. The zero-order chi connectivity index (χ0) is 13.8. The first-order valence-electron chi connectivity index (χ1n) is 6.32. The lowest BCUT2D eigenvalue weighted by molar-refractivity contribution is 0.630. The quantitative estimate of drug-likeness (QED) is 0.907. The number of anilines is 1. The van der Waals surface area contributed by atoms with Crippen LogP contribution in [0.3, 0.4) is 0 Å². The summed E-state index contributed by atoms with van der Waals surface area (Å²) in [5, 5.41) is 3.46. The third-order valence-electron chi connectivity index (χ3n) is 3.14. The van der Waals surface area contributed by atoms with Crippen LogP contribution in [0.25, 0.3) is 0 Å². The summed E-state index contributed by atoms with van der Waals surface area (Å²) >= 11 is 3.58. The average Bonchev–Trinajstić information content (AvgIpc) is 2.40. The fourth-order valence-electron chi connectivity index (χ4n) is 2.06. The molecule has 1 unspecified atom stereocenters. The molecule has 0 aliphatic rings. The lowest BCUT2D eigenvalue weighted by Crippen LogP contribution is -2.23. The molecule has 0 fully saturated rings. The second-order valence-electron chi connectivity index (χ2n) is 4.50. The van der Waals surface area contributed by atoms with E-state index >= 15 is 0 Å². The molecule has 3 nitrogen and oxygen atoms in total. The number of aromatic nitrogens is 1. The van der Waals surface area contributed by atoms with Gasteiger partial charge in [0.15, 0.2) is 0 Å². The van der Waals surface area contributed by atoms with Crippen LogP contribution >= 0.6 is 15.9 Å². The summed E-state index contributed by atoms with van der Waals surface area (Å²) in [6.07, 6.45) is 3.54. The van der Waals surface area contributed by atoms with Crippen LogP contribution in [0.1, 0.15) is 29.7 Å². The van der Waals surface area contributed by atoms with E-state index in [1.807, 2.05) is 12.3 Å². The van der Waals surface area contributed by atoms with E-state index in [1.165, 1.54) is 11.1 Å². The minimum Gasteiger partial charge on any atom is -0.398 e. The number of hydrogen-bond acceptors (Lipinski definition) is 3. The first-order valence-corrected chi connectivity index (χ1v) is 7.11. The zero-order valence-corrected chi connectivity index (χ0v) is 12.7. The van der Waals surface area contributed by atoms with Crippen LogP contribution in [0.2, 0.25) is 0 Å². The van der Waals surface area contributed by atoms with Crippen molar-refractivity contribution in [3.05, 3.63) is 57.8 Å². The minimum atomic E-state index is 0.0654. The molecule has 2 rings (SSSR count). The number of benzene rings is 1. The Morgan fingerprint density at radius 2 is 2.16 bits per heavy atom. The van der Waals surface area contributed by atoms with E-state index < -0.39 is 0 Å².